The fourth-order valence-corrected chi connectivity index (χ4v) is 2.64. The van der Waals surface area contributed by atoms with E-state index in [2.05, 4.69) is 5.32 Å². The maximum atomic E-state index is 13.9. The molecule has 1 N–H and O–H groups in total. The second-order valence-corrected chi connectivity index (χ2v) is 5.83. The van der Waals surface area contributed by atoms with E-state index in [1.165, 1.54) is 24.2 Å². The molecule has 1 aliphatic rings. The number of nitrogens with zero attached hydrogens (tertiary/aromatic N) is 1. The van der Waals surface area contributed by atoms with E-state index < -0.39 is 11.7 Å². The van der Waals surface area contributed by atoms with Gasteiger partial charge in [0, 0.05) is 19.2 Å². The summed E-state index contributed by atoms with van der Waals surface area (Å²) in [6.07, 6.45) is 1.34. The number of amides is 2. The molecule has 6 nitrogen and oxygen atoms in total. The molecule has 0 bridgehead atoms. The molecular weight excluding hydrogens is 351 g/mol. The van der Waals surface area contributed by atoms with Gasteiger partial charge in [-0.2, -0.15) is 0 Å². The molecule has 2 amide bonds. The first-order valence-corrected chi connectivity index (χ1v) is 8.41. The topological polar surface area (TPSA) is 67.9 Å². The molecule has 0 radical (unpaired) electrons. The zero-order valence-electron chi connectivity index (χ0n) is 14.8. The molecule has 0 aliphatic carbocycles. The Labute approximate surface area is 156 Å². The molecule has 0 fully saturated rings. The summed E-state index contributed by atoms with van der Waals surface area (Å²) in [5.74, 6) is -0.946. The molecule has 3 rings (SSSR count). The zero-order chi connectivity index (χ0) is 19.2. The Bertz CT molecular complexity index is 882. The van der Waals surface area contributed by atoms with Gasteiger partial charge in [0.2, 0.25) is 5.91 Å². The minimum Gasteiger partial charge on any atom is -0.449 e. The highest BCUT2D eigenvalue weighted by Gasteiger charge is 2.31. The molecule has 0 spiro atoms. The minimum atomic E-state index is -0.515. The Morgan fingerprint density at radius 2 is 1.96 bits per heavy atom. The Morgan fingerprint density at radius 1 is 1.22 bits per heavy atom. The van der Waals surface area contributed by atoms with Crippen LogP contribution in [0.1, 0.15) is 5.56 Å². The molecule has 1 aliphatic heterocycles. The van der Waals surface area contributed by atoms with Gasteiger partial charge in [-0.15, -0.1) is 0 Å². The Morgan fingerprint density at radius 3 is 2.74 bits per heavy atom. The molecule has 0 atom stereocenters. The first-order chi connectivity index (χ1) is 13.1. The van der Waals surface area contributed by atoms with Crippen LogP contribution < -0.4 is 15.0 Å². The van der Waals surface area contributed by atoms with Crippen LogP contribution in [-0.2, 0) is 14.3 Å². The van der Waals surface area contributed by atoms with Gasteiger partial charge in [0.1, 0.15) is 12.4 Å². The maximum Gasteiger partial charge on any atom is 0.294 e. The van der Waals surface area contributed by atoms with Crippen LogP contribution in [0.25, 0.3) is 6.08 Å². The van der Waals surface area contributed by atoms with E-state index in [4.69, 9.17) is 9.47 Å². The van der Waals surface area contributed by atoms with Crippen molar-refractivity contribution in [2.24, 2.45) is 0 Å². The summed E-state index contributed by atoms with van der Waals surface area (Å²) >= 11 is 0. The quantitative estimate of drug-likeness (QED) is 0.626. The Balaban J connectivity index is 1.89. The van der Waals surface area contributed by atoms with Crippen LogP contribution in [0.5, 0.6) is 5.75 Å². The molecule has 27 heavy (non-hydrogen) atoms. The van der Waals surface area contributed by atoms with Crippen LogP contribution in [-0.4, -0.2) is 38.6 Å². The van der Waals surface area contributed by atoms with E-state index in [0.717, 1.165) is 0 Å². The van der Waals surface area contributed by atoms with E-state index in [-0.39, 0.29) is 23.8 Å². The van der Waals surface area contributed by atoms with Gasteiger partial charge in [0.05, 0.1) is 12.3 Å². The number of carbonyl (C=O) groups excluding carboxylic acids is 2. The van der Waals surface area contributed by atoms with Gasteiger partial charge in [0.15, 0.2) is 11.5 Å². The van der Waals surface area contributed by atoms with Crippen molar-refractivity contribution in [3.05, 3.63) is 65.7 Å². The second kappa shape index (κ2) is 8.46. The molecule has 2 aromatic rings. The highest BCUT2D eigenvalue weighted by Crippen LogP contribution is 2.35. The summed E-state index contributed by atoms with van der Waals surface area (Å²) in [6, 6.07) is 13.0. The molecule has 2 aromatic carbocycles. The lowest BCUT2D eigenvalue weighted by Gasteiger charge is -2.30. The first-order valence-electron chi connectivity index (χ1n) is 8.41. The van der Waals surface area contributed by atoms with Crippen molar-refractivity contribution in [2.45, 2.75) is 0 Å². The summed E-state index contributed by atoms with van der Waals surface area (Å²) in [4.78, 5) is 26.4. The van der Waals surface area contributed by atoms with Crippen LogP contribution in [0.15, 0.2) is 54.3 Å². The number of anilines is 1. The number of fused-ring (bicyclic) bond motifs is 1. The lowest BCUT2D eigenvalue weighted by molar-refractivity contribution is -0.123. The van der Waals surface area contributed by atoms with Crippen LogP contribution in [0.2, 0.25) is 0 Å². The number of hydrogen-bond donors (Lipinski definition) is 1. The molecule has 7 heteroatoms. The van der Waals surface area contributed by atoms with Gasteiger partial charge < -0.3 is 14.8 Å². The molecule has 140 valence electrons. The number of nitrogens with one attached hydrogen (secondary N) is 1. The van der Waals surface area contributed by atoms with E-state index in [9.17, 15) is 14.0 Å². The number of para-hydroxylation sites is 2. The predicted molar refractivity (Wildman–Crippen MR) is 98.7 cm³/mol. The number of methoxy groups -OCH3 is 1. The molecule has 0 saturated carbocycles. The molecule has 0 unspecified atom stereocenters. The smallest absolute Gasteiger partial charge is 0.294 e. The third kappa shape index (κ3) is 4.32. The summed E-state index contributed by atoms with van der Waals surface area (Å²) in [6.45, 7) is 0.531. The minimum absolute atomic E-state index is 0.0523. The zero-order valence-corrected chi connectivity index (χ0v) is 14.8. The van der Waals surface area contributed by atoms with Crippen molar-refractivity contribution >= 4 is 23.6 Å². The van der Waals surface area contributed by atoms with Crippen molar-refractivity contribution in [3.63, 3.8) is 0 Å². The fourth-order valence-electron chi connectivity index (χ4n) is 2.64. The van der Waals surface area contributed by atoms with Crippen molar-refractivity contribution < 1.29 is 23.5 Å². The number of hydrogen-bond acceptors (Lipinski definition) is 4. The van der Waals surface area contributed by atoms with Gasteiger partial charge in [0.25, 0.3) is 5.91 Å². The van der Waals surface area contributed by atoms with Crippen LogP contribution in [0.3, 0.4) is 0 Å². The Hall–Kier alpha value is -3.19. The summed E-state index contributed by atoms with van der Waals surface area (Å²) < 4.78 is 24.5. The normalized spacial score (nSPS) is 14.7. The van der Waals surface area contributed by atoms with E-state index in [1.54, 1.807) is 42.5 Å². The largest absolute Gasteiger partial charge is 0.449 e. The van der Waals surface area contributed by atoms with Crippen molar-refractivity contribution in [1.29, 1.82) is 0 Å². The molecular formula is C20H19FN2O4. The monoisotopic (exact) mass is 370 g/mol. The average molecular weight is 370 g/mol. The maximum absolute atomic E-state index is 13.9. The molecule has 1 heterocycles. The van der Waals surface area contributed by atoms with Gasteiger partial charge in [-0.1, -0.05) is 30.3 Å². The number of carbonyl (C=O) groups is 2. The standard InChI is InChI=1S/C20H19FN2O4/c1-26-11-10-22-19(24)13-23-16-8-4-5-9-17(16)27-18(20(23)25)12-14-6-2-3-7-15(14)21/h2-9,12H,10-11,13H2,1H3,(H,22,24)/b18-12-. The fraction of sp³-hybridized carbons (Fsp3) is 0.200. The molecule has 0 saturated heterocycles. The molecule has 0 aromatic heterocycles. The first kappa shape index (κ1) is 18.6. The average Bonchev–Trinajstić information content (AvgIpc) is 2.67. The summed E-state index contributed by atoms with van der Waals surface area (Å²) in [5, 5.41) is 2.68. The SMILES string of the molecule is COCCNC(=O)CN1C(=O)/C(=C/c2ccccc2F)Oc2ccccc21. The van der Waals surface area contributed by atoms with Crippen molar-refractivity contribution in [3.8, 4) is 5.75 Å². The van der Waals surface area contributed by atoms with Crippen molar-refractivity contribution in [2.75, 3.05) is 31.7 Å². The van der Waals surface area contributed by atoms with Gasteiger partial charge in [-0.3, -0.25) is 14.5 Å². The number of halogens is 1. The summed E-state index contributed by atoms with van der Waals surface area (Å²) in [7, 11) is 1.54. The van der Waals surface area contributed by atoms with Crippen LogP contribution in [0.4, 0.5) is 10.1 Å². The van der Waals surface area contributed by atoms with E-state index in [0.29, 0.717) is 24.6 Å². The van der Waals surface area contributed by atoms with Crippen LogP contribution >= 0.6 is 0 Å². The van der Waals surface area contributed by atoms with E-state index in [1.807, 2.05) is 0 Å². The summed E-state index contributed by atoms with van der Waals surface area (Å²) in [5.41, 5.74) is 0.708. The number of ether oxygens (including phenoxy) is 2. The highest BCUT2D eigenvalue weighted by molar-refractivity contribution is 6.12. The van der Waals surface area contributed by atoms with Gasteiger partial charge in [-0.05, 0) is 24.3 Å². The Kier molecular flexibility index (Phi) is 5.83. The van der Waals surface area contributed by atoms with Crippen LogP contribution in [0, 0.1) is 5.82 Å². The lowest BCUT2D eigenvalue weighted by atomic mass is 10.1. The van der Waals surface area contributed by atoms with Gasteiger partial charge in [-0.25, -0.2) is 4.39 Å². The third-order valence-electron chi connectivity index (χ3n) is 3.95. The number of benzene rings is 2. The lowest BCUT2D eigenvalue weighted by Crippen LogP contribution is -2.44. The highest BCUT2D eigenvalue weighted by atomic mass is 19.1. The van der Waals surface area contributed by atoms with E-state index >= 15 is 0 Å². The second-order valence-electron chi connectivity index (χ2n) is 5.83. The predicted octanol–water partition coefficient (Wildman–Crippen LogP) is 2.35. The van der Waals surface area contributed by atoms with Gasteiger partial charge >= 0.3 is 0 Å². The third-order valence-corrected chi connectivity index (χ3v) is 3.95. The number of rotatable bonds is 6. The van der Waals surface area contributed by atoms with Crippen molar-refractivity contribution in [1.82, 2.24) is 5.32 Å².